The van der Waals surface area contributed by atoms with Crippen LogP contribution in [0.4, 0.5) is 0 Å². The molecule has 1 saturated heterocycles. The van der Waals surface area contributed by atoms with Crippen LogP contribution < -0.4 is 4.72 Å². The summed E-state index contributed by atoms with van der Waals surface area (Å²) in [6.45, 7) is 3.71. The molecule has 2 heterocycles. The highest BCUT2D eigenvalue weighted by atomic mass is 32.2. The second kappa shape index (κ2) is 9.77. The van der Waals surface area contributed by atoms with Gasteiger partial charge in [0.1, 0.15) is 0 Å². The molecule has 6 rings (SSSR count). The topological polar surface area (TPSA) is 67.2 Å². The number of imidazole rings is 1. The fourth-order valence-corrected chi connectivity index (χ4v) is 7.53. The fraction of sp³-hybridized carbons (Fsp3) is 0.483. The number of hydrogen-bond donors (Lipinski definition) is 1. The fourth-order valence-electron chi connectivity index (χ4n) is 6.29. The number of benzene rings is 2. The third-order valence-electron chi connectivity index (χ3n) is 8.55. The minimum absolute atomic E-state index is 0.0303. The molecule has 3 aliphatic rings. The Balaban J connectivity index is 1.18. The van der Waals surface area contributed by atoms with Crippen LogP contribution in [0, 0.1) is 5.92 Å². The highest BCUT2D eigenvalue weighted by molar-refractivity contribution is 7.89. The largest absolute Gasteiger partial charge is 0.339 e. The molecule has 2 aromatic carbocycles. The van der Waals surface area contributed by atoms with E-state index in [0.29, 0.717) is 17.8 Å². The molecule has 1 aliphatic heterocycles. The number of aryl methyl sites for hydroxylation is 2. The van der Waals surface area contributed by atoms with Gasteiger partial charge in [-0.3, -0.25) is 0 Å². The van der Waals surface area contributed by atoms with Crippen LogP contribution in [0.3, 0.4) is 0 Å². The van der Waals surface area contributed by atoms with Crippen molar-refractivity contribution in [2.75, 3.05) is 19.6 Å². The number of nitrogens with zero attached hydrogens (tertiary/aromatic N) is 3. The van der Waals surface area contributed by atoms with Crippen molar-refractivity contribution in [3.63, 3.8) is 0 Å². The lowest BCUT2D eigenvalue weighted by molar-refractivity contribution is 0.134. The van der Waals surface area contributed by atoms with Crippen LogP contribution in [0.25, 0.3) is 0 Å². The van der Waals surface area contributed by atoms with Gasteiger partial charge in [0, 0.05) is 25.8 Å². The minimum atomic E-state index is -3.57. The quantitative estimate of drug-likeness (QED) is 0.498. The average Bonchev–Trinajstić information content (AvgIpc) is 3.27. The maximum Gasteiger partial charge on any atom is 0.259 e. The molecule has 0 bridgehead atoms. The first-order valence-corrected chi connectivity index (χ1v) is 14.8. The number of nitrogens with one attached hydrogen (secondary N) is 1. The lowest BCUT2D eigenvalue weighted by Gasteiger charge is -2.41. The average molecular weight is 505 g/mol. The summed E-state index contributed by atoms with van der Waals surface area (Å²) >= 11 is 0. The number of sulfonamides is 1. The molecule has 3 aromatic rings. The maximum absolute atomic E-state index is 12.7. The van der Waals surface area contributed by atoms with Crippen LogP contribution in [-0.2, 0) is 29.9 Å². The Bertz CT molecular complexity index is 1310. The van der Waals surface area contributed by atoms with Gasteiger partial charge in [0.25, 0.3) is 10.0 Å². The van der Waals surface area contributed by atoms with E-state index in [-0.39, 0.29) is 11.1 Å². The Hall–Kier alpha value is -2.48. The number of fused-ring (bicyclic) bond motifs is 1. The third kappa shape index (κ3) is 4.89. The third-order valence-corrected chi connectivity index (χ3v) is 9.96. The molecule has 2 aliphatic carbocycles. The van der Waals surface area contributed by atoms with E-state index in [1.54, 1.807) is 17.8 Å². The molecule has 0 unspecified atom stereocenters. The van der Waals surface area contributed by atoms with Crippen molar-refractivity contribution in [3.05, 3.63) is 83.3 Å². The van der Waals surface area contributed by atoms with Gasteiger partial charge >= 0.3 is 0 Å². The molecule has 1 saturated carbocycles. The van der Waals surface area contributed by atoms with Crippen molar-refractivity contribution in [3.8, 4) is 0 Å². The first kappa shape index (κ1) is 23.9. The molecule has 2 atom stereocenters. The zero-order valence-corrected chi connectivity index (χ0v) is 21.8. The van der Waals surface area contributed by atoms with Crippen molar-refractivity contribution in [1.82, 2.24) is 19.2 Å². The van der Waals surface area contributed by atoms with Crippen molar-refractivity contribution < 1.29 is 8.42 Å². The van der Waals surface area contributed by atoms with E-state index in [1.165, 1.54) is 61.1 Å². The predicted octanol–water partition coefficient (Wildman–Crippen LogP) is 4.24. The summed E-state index contributed by atoms with van der Waals surface area (Å²) in [7, 11) is -1.79. The lowest BCUT2D eigenvalue weighted by Crippen LogP contribution is -2.43. The second-order valence-corrected chi connectivity index (χ2v) is 12.7. The van der Waals surface area contributed by atoms with Crippen LogP contribution in [0.5, 0.6) is 0 Å². The van der Waals surface area contributed by atoms with Crippen LogP contribution in [0.1, 0.15) is 59.8 Å². The Morgan fingerprint density at radius 1 is 1.08 bits per heavy atom. The van der Waals surface area contributed by atoms with Crippen LogP contribution in [-0.4, -0.2) is 48.5 Å². The van der Waals surface area contributed by atoms with Gasteiger partial charge in [-0.05, 0) is 91.6 Å². The molecular weight excluding hydrogens is 468 g/mol. The Labute approximate surface area is 214 Å². The predicted molar refractivity (Wildman–Crippen MR) is 141 cm³/mol. The minimum Gasteiger partial charge on any atom is -0.339 e. The van der Waals surface area contributed by atoms with E-state index in [9.17, 15) is 8.42 Å². The zero-order valence-electron chi connectivity index (χ0n) is 21.0. The number of likely N-dealkylation sites (tertiary alicyclic amines) is 1. The van der Waals surface area contributed by atoms with Crippen molar-refractivity contribution in [2.45, 2.75) is 61.4 Å². The summed E-state index contributed by atoms with van der Waals surface area (Å²) in [4.78, 5) is 6.64. The van der Waals surface area contributed by atoms with Gasteiger partial charge < -0.3 is 9.47 Å². The Morgan fingerprint density at radius 2 is 1.89 bits per heavy atom. The molecule has 190 valence electrons. The van der Waals surface area contributed by atoms with Gasteiger partial charge in [-0.25, -0.2) is 18.1 Å². The van der Waals surface area contributed by atoms with Gasteiger partial charge in [0.2, 0.25) is 0 Å². The molecule has 0 radical (unpaired) electrons. The van der Waals surface area contributed by atoms with Crippen molar-refractivity contribution in [2.24, 2.45) is 13.0 Å². The highest BCUT2D eigenvalue weighted by Gasteiger charge is 2.36. The first-order chi connectivity index (χ1) is 17.4. The molecule has 1 N–H and O–H groups in total. The summed E-state index contributed by atoms with van der Waals surface area (Å²) < 4.78 is 29.8. The van der Waals surface area contributed by atoms with E-state index in [0.717, 1.165) is 25.7 Å². The second-order valence-electron chi connectivity index (χ2n) is 11.1. The summed E-state index contributed by atoms with van der Waals surface area (Å²) in [6, 6.07) is 18.0. The lowest BCUT2D eigenvalue weighted by atomic mass is 9.69. The zero-order chi connectivity index (χ0) is 24.7. The SMILES string of the molecule is Cn1cnc(S(=O)(=O)N[C@H]2C[C@H](c3ccc4c(c3)[C@@H](Cc3ccccc3)[C@@H](CN3CCC3)CC4)C2)c1. The summed E-state index contributed by atoms with van der Waals surface area (Å²) in [5, 5.41) is 0.0965. The Morgan fingerprint density at radius 3 is 2.58 bits per heavy atom. The Kier molecular flexibility index (Phi) is 6.48. The van der Waals surface area contributed by atoms with Crippen molar-refractivity contribution >= 4 is 10.0 Å². The maximum atomic E-state index is 12.7. The van der Waals surface area contributed by atoms with E-state index >= 15 is 0 Å². The van der Waals surface area contributed by atoms with Gasteiger partial charge in [-0.15, -0.1) is 0 Å². The smallest absolute Gasteiger partial charge is 0.259 e. The van der Waals surface area contributed by atoms with Crippen LogP contribution in [0.15, 0.2) is 66.1 Å². The van der Waals surface area contributed by atoms with Crippen LogP contribution >= 0.6 is 0 Å². The van der Waals surface area contributed by atoms with Crippen molar-refractivity contribution in [1.29, 1.82) is 0 Å². The van der Waals surface area contributed by atoms with Gasteiger partial charge in [-0.1, -0.05) is 48.5 Å². The van der Waals surface area contributed by atoms with E-state index in [4.69, 9.17) is 0 Å². The van der Waals surface area contributed by atoms with Gasteiger partial charge in [0.15, 0.2) is 5.03 Å². The molecular formula is C29H36N4O2S. The van der Waals surface area contributed by atoms with E-state index in [1.807, 2.05) is 0 Å². The van der Waals surface area contributed by atoms with E-state index < -0.39 is 10.0 Å². The molecule has 2 fully saturated rings. The first-order valence-electron chi connectivity index (χ1n) is 13.3. The molecule has 7 heteroatoms. The molecule has 6 nitrogen and oxygen atoms in total. The number of aromatic nitrogens is 2. The summed E-state index contributed by atoms with van der Waals surface area (Å²) in [5.41, 5.74) is 5.82. The number of hydrogen-bond acceptors (Lipinski definition) is 4. The van der Waals surface area contributed by atoms with Gasteiger partial charge in [0.05, 0.1) is 6.33 Å². The van der Waals surface area contributed by atoms with Gasteiger partial charge in [-0.2, -0.15) is 0 Å². The highest BCUT2D eigenvalue weighted by Crippen LogP contribution is 2.43. The van der Waals surface area contributed by atoms with Crippen LogP contribution in [0.2, 0.25) is 0 Å². The monoisotopic (exact) mass is 504 g/mol. The normalized spacial score (nSPS) is 26.1. The standard InChI is InChI=1S/C29H36N4O2S/c1-32-19-29(30-20-32)36(34,35)31-26-15-25(16-26)23-10-8-22-9-11-24(18-33-12-5-13-33)27(28(22)17-23)14-21-6-3-2-4-7-21/h2-4,6-8,10,17,19-20,24-27,31H,5,9,11-16,18H2,1H3/t24-,25-,26-,27+/m1/s1. The summed E-state index contributed by atoms with van der Waals surface area (Å²) in [5.74, 6) is 1.63. The molecule has 0 amide bonds. The molecule has 36 heavy (non-hydrogen) atoms. The van der Waals surface area contributed by atoms with E-state index in [2.05, 4.69) is 63.1 Å². The molecule has 0 spiro atoms. The number of rotatable bonds is 8. The summed E-state index contributed by atoms with van der Waals surface area (Å²) in [6.07, 6.45) is 9.60. The molecule has 1 aromatic heterocycles.